The smallest absolute Gasteiger partial charge is 0.134 e. The van der Waals surface area contributed by atoms with E-state index in [1.807, 2.05) is 18.2 Å². The van der Waals surface area contributed by atoms with Crippen LogP contribution in [0, 0.1) is 5.92 Å². The minimum absolute atomic E-state index is 0. The Bertz CT molecular complexity index is 529. The van der Waals surface area contributed by atoms with Gasteiger partial charge in [-0.3, -0.25) is 0 Å². The number of furan rings is 1. The van der Waals surface area contributed by atoms with Gasteiger partial charge in [0.2, 0.25) is 0 Å². The molecule has 0 radical (unpaired) electrons. The summed E-state index contributed by atoms with van der Waals surface area (Å²) in [6.45, 7) is 3.20. The third-order valence-electron chi connectivity index (χ3n) is 3.59. The first kappa shape index (κ1) is 14.3. The minimum atomic E-state index is -0.224. The molecule has 2 atom stereocenters. The van der Waals surface area contributed by atoms with Gasteiger partial charge in [-0.1, -0.05) is 18.2 Å². The summed E-state index contributed by atoms with van der Waals surface area (Å²) < 4.78 is 5.49. The van der Waals surface area contributed by atoms with Crippen molar-refractivity contribution in [2.45, 2.75) is 12.6 Å². The molecule has 0 saturated carbocycles. The van der Waals surface area contributed by atoms with Crippen LogP contribution in [0.3, 0.4) is 0 Å². The molecule has 104 valence electrons. The summed E-state index contributed by atoms with van der Waals surface area (Å²) in [5.74, 6) is 0.308. The van der Waals surface area contributed by atoms with E-state index < -0.39 is 0 Å². The Hall–Kier alpha value is -1.07. The lowest BCUT2D eigenvalue weighted by molar-refractivity contribution is 0.146. The van der Waals surface area contributed by atoms with E-state index >= 15 is 0 Å². The number of para-hydroxylation sites is 1. The second-order valence-electron chi connectivity index (χ2n) is 4.87. The van der Waals surface area contributed by atoms with Crippen molar-refractivity contribution in [2.75, 3.05) is 19.6 Å². The van der Waals surface area contributed by atoms with E-state index in [-0.39, 0.29) is 18.5 Å². The van der Waals surface area contributed by atoms with Crippen molar-refractivity contribution in [2.24, 2.45) is 5.92 Å². The number of fused-ring (bicyclic) bond motifs is 1. The Morgan fingerprint density at radius 3 is 2.95 bits per heavy atom. The highest BCUT2D eigenvalue weighted by molar-refractivity contribution is 5.85. The van der Waals surface area contributed by atoms with Crippen LogP contribution in [-0.4, -0.2) is 30.8 Å². The van der Waals surface area contributed by atoms with Gasteiger partial charge >= 0.3 is 0 Å². The molecule has 0 spiro atoms. The first-order valence-corrected chi connectivity index (χ1v) is 6.39. The molecular weight excluding hydrogens is 264 g/mol. The van der Waals surface area contributed by atoms with Crippen LogP contribution < -0.4 is 10.6 Å². The number of halogens is 1. The third kappa shape index (κ3) is 3.09. The van der Waals surface area contributed by atoms with Gasteiger partial charge in [0.25, 0.3) is 0 Å². The van der Waals surface area contributed by atoms with Crippen molar-refractivity contribution in [3.63, 3.8) is 0 Å². The monoisotopic (exact) mass is 282 g/mol. The predicted molar refractivity (Wildman–Crippen MR) is 77.5 cm³/mol. The molecule has 5 heteroatoms. The standard InChI is InChI=1S/C14H18N2O2.ClH/c17-13-8-16-6-10(13)5-15-7-11-9-18-14-4-2-1-3-12(11)14;/h1-4,9-10,13,15-17H,5-8H2;1H. The molecule has 3 rings (SSSR count). The summed E-state index contributed by atoms with van der Waals surface area (Å²) in [6, 6.07) is 8.04. The summed E-state index contributed by atoms with van der Waals surface area (Å²) in [6.07, 6.45) is 1.58. The molecule has 0 aliphatic carbocycles. The zero-order valence-corrected chi connectivity index (χ0v) is 11.5. The van der Waals surface area contributed by atoms with Gasteiger partial charge in [0.1, 0.15) is 5.58 Å². The van der Waals surface area contributed by atoms with E-state index in [4.69, 9.17) is 4.42 Å². The maximum atomic E-state index is 9.70. The Morgan fingerprint density at radius 2 is 2.16 bits per heavy atom. The topological polar surface area (TPSA) is 57.4 Å². The third-order valence-corrected chi connectivity index (χ3v) is 3.59. The number of aliphatic hydroxyl groups excluding tert-OH is 1. The molecule has 1 aromatic carbocycles. The van der Waals surface area contributed by atoms with Crippen molar-refractivity contribution in [1.29, 1.82) is 0 Å². The number of benzene rings is 1. The van der Waals surface area contributed by atoms with Crippen LogP contribution in [0.25, 0.3) is 11.0 Å². The fourth-order valence-corrected chi connectivity index (χ4v) is 2.49. The Morgan fingerprint density at radius 1 is 1.32 bits per heavy atom. The van der Waals surface area contributed by atoms with Gasteiger partial charge in [-0.2, -0.15) is 0 Å². The van der Waals surface area contributed by atoms with Gasteiger partial charge < -0.3 is 20.2 Å². The van der Waals surface area contributed by atoms with Crippen LogP contribution >= 0.6 is 12.4 Å². The molecule has 1 aliphatic rings. The van der Waals surface area contributed by atoms with E-state index in [1.165, 1.54) is 5.56 Å². The zero-order valence-electron chi connectivity index (χ0n) is 10.6. The molecule has 2 aromatic rings. The normalized spacial score (nSPS) is 22.6. The van der Waals surface area contributed by atoms with Gasteiger partial charge in [0.05, 0.1) is 12.4 Å². The van der Waals surface area contributed by atoms with E-state index in [2.05, 4.69) is 16.7 Å². The van der Waals surface area contributed by atoms with Crippen LogP contribution in [0.1, 0.15) is 5.56 Å². The first-order chi connectivity index (χ1) is 8.84. The van der Waals surface area contributed by atoms with E-state index in [0.717, 1.165) is 30.6 Å². The van der Waals surface area contributed by atoms with Gasteiger partial charge in [-0.05, 0) is 6.07 Å². The molecule has 2 unspecified atom stereocenters. The maximum absolute atomic E-state index is 9.70. The number of hydrogen-bond donors (Lipinski definition) is 3. The van der Waals surface area contributed by atoms with E-state index in [0.29, 0.717) is 12.5 Å². The quantitative estimate of drug-likeness (QED) is 0.796. The predicted octanol–water partition coefficient (Wildman–Crippen LogP) is 1.52. The summed E-state index contributed by atoms with van der Waals surface area (Å²) >= 11 is 0. The van der Waals surface area contributed by atoms with Gasteiger partial charge in [0, 0.05) is 43.0 Å². The second kappa shape index (κ2) is 6.39. The number of nitrogens with one attached hydrogen (secondary N) is 2. The summed E-state index contributed by atoms with van der Waals surface area (Å²) in [5.41, 5.74) is 2.10. The fourth-order valence-electron chi connectivity index (χ4n) is 2.49. The molecule has 1 aliphatic heterocycles. The summed E-state index contributed by atoms with van der Waals surface area (Å²) in [7, 11) is 0. The lowest BCUT2D eigenvalue weighted by Crippen LogP contribution is -2.30. The molecule has 4 nitrogen and oxygen atoms in total. The lowest BCUT2D eigenvalue weighted by Gasteiger charge is -2.13. The number of β-amino-alcohol motifs (C(OH)–C–C–N with tert-alkyl or cyclic N) is 1. The number of aliphatic hydroxyl groups is 1. The Kier molecular flexibility index (Phi) is 4.82. The van der Waals surface area contributed by atoms with E-state index in [1.54, 1.807) is 6.26 Å². The average Bonchev–Trinajstić information content (AvgIpc) is 2.97. The molecule has 1 aromatic heterocycles. The van der Waals surface area contributed by atoms with Crippen LogP contribution in [0.5, 0.6) is 0 Å². The van der Waals surface area contributed by atoms with Crippen LogP contribution in [-0.2, 0) is 6.54 Å². The zero-order chi connectivity index (χ0) is 12.4. The van der Waals surface area contributed by atoms with Crippen LogP contribution in [0.4, 0.5) is 0 Å². The maximum Gasteiger partial charge on any atom is 0.134 e. The summed E-state index contributed by atoms with van der Waals surface area (Å²) in [5, 5.41) is 17.4. The van der Waals surface area contributed by atoms with Crippen LogP contribution in [0.15, 0.2) is 34.9 Å². The number of rotatable bonds is 4. The molecular formula is C14H19ClN2O2. The molecule has 19 heavy (non-hydrogen) atoms. The molecule has 3 N–H and O–H groups in total. The summed E-state index contributed by atoms with van der Waals surface area (Å²) in [4.78, 5) is 0. The number of hydrogen-bond acceptors (Lipinski definition) is 4. The Balaban J connectivity index is 0.00000133. The van der Waals surface area contributed by atoms with Gasteiger partial charge in [0.15, 0.2) is 0 Å². The molecule has 1 saturated heterocycles. The first-order valence-electron chi connectivity index (χ1n) is 6.39. The van der Waals surface area contributed by atoms with Gasteiger partial charge in [-0.25, -0.2) is 0 Å². The van der Waals surface area contributed by atoms with Crippen molar-refractivity contribution in [3.8, 4) is 0 Å². The largest absolute Gasteiger partial charge is 0.464 e. The van der Waals surface area contributed by atoms with Crippen molar-refractivity contribution in [3.05, 3.63) is 36.1 Å². The molecule has 1 fully saturated rings. The van der Waals surface area contributed by atoms with Crippen molar-refractivity contribution in [1.82, 2.24) is 10.6 Å². The SMILES string of the molecule is Cl.OC1CNCC1CNCc1coc2ccccc12. The van der Waals surface area contributed by atoms with Gasteiger partial charge in [-0.15, -0.1) is 12.4 Å². The molecule has 0 amide bonds. The van der Waals surface area contributed by atoms with Crippen molar-refractivity contribution < 1.29 is 9.52 Å². The average molecular weight is 283 g/mol. The molecule has 2 heterocycles. The highest BCUT2D eigenvalue weighted by Crippen LogP contribution is 2.20. The second-order valence-corrected chi connectivity index (χ2v) is 4.87. The Labute approximate surface area is 118 Å². The highest BCUT2D eigenvalue weighted by atomic mass is 35.5. The fraction of sp³-hybridized carbons (Fsp3) is 0.429. The molecule has 0 bridgehead atoms. The lowest BCUT2D eigenvalue weighted by atomic mass is 10.1. The van der Waals surface area contributed by atoms with Crippen LogP contribution in [0.2, 0.25) is 0 Å². The highest BCUT2D eigenvalue weighted by Gasteiger charge is 2.24. The van der Waals surface area contributed by atoms with E-state index in [9.17, 15) is 5.11 Å². The minimum Gasteiger partial charge on any atom is -0.464 e. The van der Waals surface area contributed by atoms with Crippen molar-refractivity contribution >= 4 is 23.4 Å².